The Kier molecular flexibility index (Phi) is 7.06. The van der Waals surface area contributed by atoms with Crippen molar-refractivity contribution in [3.8, 4) is 0 Å². The summed E-state index contributed by atoms with van der Waals surface area (Å²) >= 11 is 0. The maximum atomic E-state index is 13.7. The molecule has 3 bridgehead atoms. The van der Waals surface area contributed by atoms with E-state index < -0.39 is 77.2 Å². The van der Waals surface area contributed by atoms with E-state index in [1.165, 1.54) is 0 Å². The van der Waals surface area contributed by atoms with Crippen molar-refractivity contribution in [3.05, 3.63) is 48.0 Å². The third-order valence-corrected chi connectivity index (χ3v) is 13.6. The summed E-state index contributed by atoms with van der Waals surface area (Å²) in [5.41, 5.74) is -4.16. The van der Waals surface area contributed by atoms with Crippen LogP contribution in [0.25, 0.3) is 0 Å². The van der Waals surface area contributed by atoms with Gasteiger partial charge in [0.05, 0.1) is 17.8 Å². The first-order valence-electron chi connectivity index (χ1n) is 17.6. The third-order valence-electron chi connectivity index (χ3n) is 13.6. The number of aliphatic hydroxyl groups is 3. The van der Waals surface area contributed by atoms with Crippen molar-refractivity contribution in [2.24, 2.45) is 35.5 Å². The quantitative estimate of drug-likeness (QED) is 0.248. The lowest BCUT2D eigenvalue weighted by atomic mass is 9.52. The summed E-state index contributed by atoms with van der Waals surface area (Å²) in [5, 5.41) is 37.0. The fourth-order valence-electron chi connectivity index (χ4n) is 11.6. The number of carbonyl (C=O) groups excluding carboxylic acids is 1. The lowest BCUT2D eigenvalue weighted by molar-refractivity contribution is -0.437. The van der Waals surface area contributed by atoms with Gasteiger partial charge in [0.2, 0.25) is 0 Å². The minimum atomic E-state index is -2.00. The predicted octanol–water partition coefficient (Wildman–Crippen LogP) is 4.52. The van der Waals surface area contributed by atoms with Crippen LogP contribution < -0.4 is 0 Å². The van der Waals surface area contributed by atoms with Crippen molar-refractivity contribution < 1.29 is 43.8 Å². The number of fused-ring (bicyclic) bond motifs is 1. The number of ether oxygens (including phenoxy) is 5. The normalized spacial score (nSPS) is 53.6. The first kappa shape index (κ1) is 31.4. The molecule has 1 aromatic carbocycles. The highest BCUT2D eigenvalue weighted by Crippen LogP contribution is 2.75. The summed E-state index contributed by atoms with van der Waals surface area (Å²) < 4.78 is 34.2. The molecule has 9 nitrogen and oxygen atoms in total. The van der Waals surface area contributed by atoms with Crippen molar-refractivity contribution in [1.29, 1.82) is 0 Å². The molecule has 4 aliphatic heterocycles. The van der Waals surface area contributed by atoms with Crippen LogP contribution in [-0.4, -0.2) is 80.7 Å². The van der Waals surface area contributed by atoms with Gasteiger partial charge in [0, 0.05) is 18.3 Å². The molecule has 0 aromatic heterocycles. The van der Waals surface area contributed by atoms with Crippen molar-refractivity contribution in [2.75, 3.05) is 6.61 Å². The Hall–Kier alpha value is -1.85. The number of hydrogen-bond donors (Lipinski definition) is 3. The number of hydrogen-bond acceptors (Lipinski definition) is 9. The molecule has 7 aliphatic rings. The second-order valence-electron chi connectivity index (χ2n) is 15.9. The molecule has 252 valence electrons. The molecule has 7 fully saturated rings. The van der Waals surface area contributed by atoms with Crippen LogP contribution in [0.3, 0.4) is 0 Å². The van der Waals surface area contributed by atoms with Crippen LogP contribution in [0.4, 0.5) is 0 Å². The Bertz CT molecular complexity index is 1400. The molecule has 46 heavy (non-hydrogen) atoms. The number of rotatable bonds is 4. The van der Waals surface area contributed by atoms with Crippen LogP contribution in [-0.2, 0) is 23.7 Å². The SMILES string of the molecule is C=C(C)[C@]12C[C@@H](C)[C@@]34OC5(CCCCCCCC(C)[C@H]6[C@H](C)C(OC(=O)c7ccccc7)[C@@](O)(C(O)[C@@]7(CO)O[C@H]7[C@H]3[C@H]1O5)[C@@H]64)O2. The molecule has 1 aromatic rings. The molecule has 3 saturated carbocycles. The minimum Gasteiger partial charge on any atom is -0.455 e. The third kappa shape index (κ3) is 3.79. The lowest BCUT2D eigenvalue weighted by Crippen LogP contribution is -2.73. The van der Waals surface area contributed by atoms with Crippen LogP contribution in [0, 0.1) is 35.5 Å². The molecule has 4 unspecified atom stereocenters. The average Bonchev–Trinajstić information content (AvgIpc) is 3.67. The summed E-state index contributed by atoms with van der Waals surface area (Å²) in [7, 11) is 0. The Labute approximate surface area is 271 Å². The molecular formula is C37H50O9. The second-order valence-corrected chi connectivity index (χ2v) is 15.9. The first-order chi connectivity index (χ1) is 21.9. The van der Waals surface area contributed by atoms with Gasteiger partial charge in [-0.3, -0.25) is 0 Å². The minimum absolute atomic E-state index is 0.122. The van der Waals surface area contributed by atoms with E-state index in [1.807, 2.05) is 19.9 Å². The smallest absolute Gasteiger partial charge is 0.338 e. The van der Waals surface area contributed by atoms with Crippen LogP contribution in [0.1, 0.15) is 89.4 Å². The number of esters is 1. The van der Waals surface area contributed by atoms with Gasteiger partial charge < -0.3 is 39.0 Å². The summed E-state index contributed by atoms with van der Waals surface area (Å²) in [6.45, 7) is 12.3. The van der Waals surface area contributed by atoms with E-state index in [-0.39, 0.29) is 23.7 Å². The first-order valence-corrected chi connectivity index (χ1v) is 17.6. The largest absolute Gasteiger partial charge is 0.455 e. The zero-order chi connectivity index (χ0) is 32.4. The summed E-state index contributed by atoms with van der Waals surface area (Å²) in [5.74, 6) is -3.61. The molecule has 9 heteroatoms. The fourth-order valence-corrected chi connectivity index (χ4v) is 11.6. The van der Waals surface area contributed by atoms with Gasteiger partial charge >= 0.3 is 5.97 Å². The van der Waals surface area contributed by atoms with Gasteiger partial charge in [0.1, 0.15) is 41.2 Å². The number of epoxide rings is 1. The number of aliphatic hydroxyl groups excluding tert-OH is 2. The van der Waals surface area contributed by atoms with Gasteiger partial charge in [-0.05, 0) is 61.1 Å². The number of benzene rings is 1. The maximum Gasteiger partial charge on any atom is 0.338 e. The standard InChI is InChI=1S/C37H50O9/c1-20(2)33-18-22(4)37-26-29(33)44-35(45-33,46-37)17-13-8-6-7-10-14-21(3)25-23(5)28(42-31(39)24-15-11-9-12-16-24)36(41,27(25)37)32(40)34(19-38)30(26)43-34/h9,11-12,15-16,21-23,25-30,32,38,40-41H,1,6-8,10,13-14,17-19H2,2-5H3/t21?,22-,23+,25+,26-,27-,28?,29-,30+,32?,33-,34+,35?,36-,37-/m1/s1. The van der Waals surface area contributed by atoms with Gasteiger partial charge in [-0.1, -0.05) is 77.7 Å². The zero-order valence-corrected chi connectivity index (χ0v) is 27.5. The molecular weight excluding hydrogens is 588 g/mol. The Balaban J connectivity index is 1.36. The molecule has 8 rings (SSSR count). The maximum absolute atomic E-state index is 13.7. The van der Waals surface area contributed by atoms with Gasteiger partial charge in [0.15, 0.2) is 0 Å². The van der Waals surface area contributed by atoms with Crippen LogP contribution in [0.5, 0.6) is 0 Å². The highest BCUT2D eigenvalue weighted by molar-refractivity contribution is 5.89. The Morgan fingerprint density at radius 3 is 2.46 bits per heavy atom. The second kappa shape index (κ2) is 10.3. The zero-order valence-electron chi connectivity index (χ0n) is 27.5. The lowest BCUT2D eigenvalue weighted by Gasteiger charge is -2.61. The molecule has 0 amide bonds. The van der Waals surface area contributed by atoms with Crippen LogP contribution in [0.15, 0.2) is 42.5 Å². The number of carbonyl (C=O) groups is 1. The van der Waals surface area contributed by atoms with Gasteiger partial charge in [0.25, 0.3) is 5.97 Å². The van der Waals surface area contributed by atoms with Crippen molar-refractivity contribution in [2.45, 2.75) is 132 Å². The Morgan fingerprint density at radius 2 is 1.74 bits per heavy atom. The van der Waals surface area contributed by atoms with Crippen molar-refractivity contribution >= 4 is 5.97 Å². The highest BCUT2D eigenvalue weighted by Gasteiger charge is 2.90. The average molecular weight is 639 g/mol. The summed E-state index contributed by atoms with van der Waals surface area (Å²) in [6, 6.07) is 8.76. The topological polar surface area (TPSA) is 127 Å². The van der Waals surface area contributed by atoms with Crippen molar-refractivity contribution in [1.82, 2.24) is 0 Å². The molecule has 3 aliphatic carbocycles. The van der Waals surface area contributed by atoms with Crippen LogP contribution >= 0.6 is 0 Å². The summed E-state index contributed by atoms with van der Waals surface area (Å²) in [6.07, 6.45) is 3.37. The van der Waals surface area contributed by atoms with E-state index in [0.717, 1.165) is 44.1 Å². The van der Waals surface area contributed by atoms with E-state index in [4.69, 9.17) is 23.7 Å². The van der Waals surface area contributed by atoms with Gasteiger partial charge in [-0.25, -0.2) is 4.79 Å². The van der Waals surface area contributed by atoms with Crippen molar-refractivity contribution in [3.63, 3.8) is 0 Å². The van der Waals surface area contributed by atoms with E-state index in [1.54, 1.807) is 24.3 Å². The van der Waals surface area contributed by atoms with E-state index in [0.29, 0.717) is 18.4 Å². The molecule has 3 N–H and O–H groups in total. The Morgan fingerprint density at radius 1 is 1.02 bits per heavy atom. The molecule has 0 radical (unpaired) electrons. The predicted molar refractivity (Wildman–Crippen MR) is 166 cm³/mol. The van der Waals surface area contributed by atoms with E-state index in [9.17, 15) is 20.1 Å². The highest BCUT2D eigenvalue weighted by atomic mass is 16.9. The van der Waals surface area contributed by atoms with Crippen LogP contribution in [0.2, 0.25) is 0 Å². The van der Waals surface area contributed by atoms with Gasteiger partial charge in [-0.15, -0.1) is 0 Å². The molecule has 2 spiro atoms. The van der Waals surface area contributed by atoms with E-state index >= 15 is 0 Å². The fraction of sp³-hybridized carbons (Fsp3) is 0.757. The molecule has 4 saturated heterocycles. The summed E-state index contributed by atoms with van der Waals surface area (Å²) in [4.78, 5) is 13.7. The van der Waals surface area contributed by atoms with E-state index in [2.05, 4.69) is 20.4 Å². The molecule has 15 atom stereocenters. The molecule has 4 heterocycles. The monoisotopic (exact) mass is 638 g/mol. The van der Waals surface area contributed by atoms with Gasteiger partial charge in [-0.2, -0.15) is 0 Å².